The Kier molecular flexibility index (Phi) is 8.74. The molecule has 39 heavy (non-hydrogen) atoms. The maximum absolute atomic E-state index is 11.8. The van der Waals surface area contributed by atoms with E-state index < -0.39 is 0 Å². The Morgan fingerprint density at radius 2 is 1.77 bits per heavy atom. The molecule has 1 aliphatic rings. The van der Waals surface area contributed by atoms with Gasteiger partial charge in [0, 0.05) is 22.5 Å². The second-order valence-corrected chi connectivity index (χ2v) is 10.5. The molecule has 200 valence electrons. The molecule has 1 atom stereocenters. The van der Waals surface area contributed by atoms with Crippen LogP contribution in [0.3, 0.4) is 0 Å². The molecule has 5 nitrogen and oxygen atoms in total. The van der Waals surface area contributed by atoms with Crippen LogP contribution in [0.25, 0.3) is 28.1 Å². The van der Waals surface area contributed by atoms with Crippen molar-refractivity contribution < 1.29 is 14.3 Å². The predicted octanol–water partition coefficient (Wildman–Crippen LogP) is 8.44. The summed E-state index contributed by atoms with van der Waals surface area (Å²) >= 11 is 3.57. The number of hydrogen-bond acceptors (Lipinski definition) is 4. The van der Waals surface area contributed by atoms with Gasteiger partial charge in [-0.2, -0.15) is 5.10 Å². The molecule has 0 amide bonds. The molecule has 5 rings (SSSR count). The highest BCUT2D eigenvalue weighted by Crippen LogP contribution is 2.37. The van der Waals surface area contributed by atoms with E-state index in [4.69, 9.17) is 14.6 Å². The van der Waals surface area contributed by atoms with Crippen molar-refractivity contribution in [3.8, 4) is 0 Å². The molecule has 1 aliphatic heterocycles. The third-order valence-corrected chi connectivity index (χ3v) is 7.59. The minimum absolute atomic E-state index is 0.00119. The van der Waals surface area contributed by atoms with E-state index in [0.717, 1.165) is 64.4 Å². The van der Waals surface area contributed by atoms with Gasteiger partial charge in [-0.15, -0.1) is 0 Å². The number of hydrogen-bond donors (Lipinski definition) is 0. The Labute approximate surface area is 238 Å². The van der Waals surface area contributed by atoms with Gasteiger partial charge < -0.3 is 9.47 Å². The molecule has 1 saturated heterocycles. The Morgan fingerprint density at radius 3 is 2.46 bits per heavy atom. The number of nitrogens with zero attached hydrogens (tertiary/aromatic N) is 2. The molecule has 0 aliphatic carbocycles. The van der Waals surface area contributed by atoms with E-state index >= 15 is 0 Å². The summed E-state index contributed by atoms with van der Waals surface area (Å²) in [4.78, 5) is 11.8. The van der Waals surface area contributed by atoms with E-state index in [-0.39, 0.29) is 12.2 Å². The zero-order chi connectivity index (χ0) is 27.2. The first kappa shape index (κ1) is 27.1. The number of fused-ring (bicyclic) bond motifs is 1. The average molecular weight is 586 g/mol. The van der Waals surface area contributed by atoms with Gasteiger partial charge >= 0.3 is 5.97 Å². The molecular formula is C33H33BrN2O3. The first-order valence-corrected chi connectivity index (χ1v) is 14.4. The normalized spacial score (nSPS) is 16.4. The van der Waals surface area contributed by atoms with Crippen molar-refractivity contribution in [2.75, 3.05) is 13.2 Å². The van der Waals surface area contributed by atoms with E-state index in [0.29, 0.717) is 6.61 Å². The zero-order valence-corrected chi connectivity index (χ0v) is 24.0. The molecule has 0 N–H and O–H groups in total. The molecule has 6 heteroatoms. The van der Waals surface area contributed by atoms with Crippen LogP contribution in [0.2, 0.25) is 0 Å². The molecule has 1 unspecified atom stereocenters. The zero-order valence-electron chi connectivity index (χ0n) is 22.4. The van der Waals surface area contributed by atoms with Gasteiger partial charge in [0.1, 0.15) is 0 Å². The van der Waals surface area contributed by atoms with Gasteiger partial charge in [-0.3, -0.25) is 0 Å². The van der Waals surface area contributed by atoms with Gasteiger partial charge in [-0.25, -0.2) is 9.48 Å². The Balaban J connectivity index is 1.58. The highest BCUT2D eigenvalue weighted by Gasteiger charge is 2.20. The summed E-state index contributed by atoms with van der Waals surface area (Å²) in [5.74, 6) is -0.335. The first-order valence-electron chi connectivity index (χ1n) is 13.6. The molecule has 1 aromatic heterocycles. The SMILES string of the molecule is CCOC(=O)/C=C/c1ccc(/C(=C(/CC)c2ccc(Br)cc2)c2ccc3c(cnn3C3CCCCO3)c2)cc1. The van der Waals surface area contributed by atoms with Crippen molar-refractivity contribution in [3.05, 3.63) is 106 Å². The summed E-state index contributed by atoms with van der Waals surface area (Å²) in [5.41, 5.74) is 7.92. The maximum Gasteiger partial charge on any atom is 0.330 e. The van der Waals surface area contributed by atoms with Crippen molar-refractivity contribution in [1.82, 2.24) is 9.78 Å². The van der Waals surface area contributed by atoms with Crippen molar-refractivity contribution in [2.45, 2.75) is 45.8 Å². The number of allylic oxidation sites excluding steroid dienone is 1. The number of halogens is 1. The van der Waals surface area contributed by atoms with Crippen LogP contribution in [0, 0.1) is 0 Å². The van der Waals surface area contributed by atoms with Crippen molar-refractivity contribution >= 4 is 50.0 Å². The standard InChI is InChI=1S/C33H33BrN2O3/c1-3-29(24-13-16-28(34)17-14-24)33(25-11-8-23(9-12-25)10-19-32(37)38-4-2)26-15-18-30-27(21-26)22-35-36(30)31-7-5-6-20-39-31/h8-19,21-22,31H,3-7,20H2,1-2H3/b19-10+,33-29+. The van der Waals surface area contributed by atoms with Crippen LogP contribution in [0.1, 0.15) is 68.0 Å². The van der Waals surface area contributed by atoms with Crippen LogP contribution in [0.4, 0.5) is 0 Å². The third kappa shape index (κ3) is 6.23. The lowest BCUT2D eigenvalue weighted by molar-refractivity contribution is -0.137. The Hall–Kier alpha value is -3.48. The maximum atomic E-state index is 11.8. The van der Waals surface area contributed by atoms with Crippen LogP contribution in [-0.4, -0.2) is 29.0 Å². The van der Waals surface area contributed by atoms with Crippen LogP contribution < -0.4 is 0 Å². The predicted molar refractivity (Wildman–Crippen MR) is 161 cm³/mol. The second kappa shape index (κ2) is 12.6. The largest absolute Gasteiger partial charge is 0.463 e. The Morgan fingerprint density at radius 1 is 1.03 bits per heavy atom. The molecular weight excluding hydrogens is 552 g/mol. The fourth-order valence-electron chi connectivity index (χ4n) is 5.16. The molecule has 0 radical (unpaired) electrons. The lowest BCUT2D eigenvalue weighted by atomic mass is 9.87. The smallest absolute Gasteiger partial charge is 0.330 e. The number of aromatic nitrogens is 2. The average Bonchev–Trinajstić information content (AvgIpc) is 3.40. The fourth-order valence-corrected chi connectivity index (χ4v) is 5.43. The summed E-state index contributed by atoms with van der Waals surface area (Å²) in [5, 5.41) is 5.81. The molecule has 1 fully saturated rings. The summed E-state index contributed by atoms with van der Waals surface area (Å²) in [6, 6.07) is 23.4. The van der Waals surface area contributed by atoms with E-state index in [9.17, 15) is 4.79 Å². The number of benzene rings is 3. The molecule has 3 aromatic carbocycles. The summed E-state index contributed by atoms with van der Waals surface area (Å²) in [6.45, 7) is 5.15. The topological polar surface area (TPSA) is 53.3 Å². The van der Waals surface area contributed by atoms with Crippen LogP contribution in [-0.2, 0) is 14.3 Å². The van der Waals surface area contributed by atoms with Gasteiger partial charge in [-0.1, -0.05) is 65.3 Å². The number of ether oxygens (including phenoxy) is 2. The second-order valence-electron chi connectivity index (χ2n) is 9.61. The molecule has 0 bridgehead atoms. The molecule has 0 spiro atoms. The number of carbonyl (C=O) groups excluding carboxylic acids is 1. The van der Waals surface area contributed by atoms with Gasteiger partial charge in [0.15, 0.2) is 6.23 Å². The molecule has 2 heterocycles. The van der Waals surface area contributed by atoms with Crippen molar-refractivity contribution in [1.29, 1.82) is 0 Å². The van der Waals surface area contributed by atoms with Gasteiger partial charge in [0.25, 0.3) is 0 Å². The van der Waals surface area contributed by atoms with Crippen molar-refractivity contribution in [3.63, 3.8) is 0 Å². The molecule has 0 saturated carbocycles. The van der Waals surface area contributed by atoms with E-state index in [2.05, 4.69) is 77.5 Å². The van der Waals surface area contributed by atoms with Crippen molar-refractivity contribution in [2.24, 2.45) is 0 Å². The van der Waals surface area contributed by atoms with E-state index in [1.807, 2.05) is 23.0 Å². The van der Waals surface area contributed by atoms with Crippen LogP contribution in [0.15, 0.2) is 83.5 Å². The monoisotopic (exact) mass is 584 g/mol. The minimum Gasteiger partial charge on any atom is -0.463 e. The lowest BCUT2D eigenvalue weighted by Gasteiger charge is -2.23. The highest BCUT2D eigenvalue weighted by atomic mass is 79.9. The highest BCUT2D eigenvalue weighted by molar-refractivity contribution is 9.10. The van der Waals surface area contributed by atoms with Crippen LogP contribution >= 0.6 is 15.9 Å². The number of esters is 1. The van der Waals surface area contributed by atoms with Crippen LogP contribution in [0.5, 0.6) is 0 Å². The summed E-state index contributed by atoms with van der Waals surface area (Å²) in [7, 11) is 0. The van der Waals surface area contributed by atoms with Gasteiger partial charge in [0.05, 0.1) is 18.3 Å². The summed E-state index contributed by atoms with van der Waals surface area (Å²) < 4.78 is 14.1. The van der Waals surface area contributed by atoms with Gasteiger partial charge in [0.2, 0.25) is 0 Å². The fraction of sp³-hybridized carbons (Fsp3) is 0.273. The molecule has 4 aromatic rings. The minimum atomic E-state index is -0.335. The van der Waals surface area contributed by atoms with Gasteiger partial charge in [-0.05, 0) is 96.3 Å². The summed E-state index contributed by atoms with van der Waals surface area (Å²) in [6.07, 6.45) is 9.34. The number of rotatable bonds is 8. The Bertz CT molecular complexity index is 1490. The van der Waals surface area contributed by atoms with E-state index in [1.54, 1.807) is 13.0 Å². The number of carbonyl (C=O) groups is 1. The third-order valence-electron chi connectivity index (χ3n) is 7.06. The quantitative estimate of drug-likeness (QED) is 0.118. The lowest BCUT2D eigenvalue weighted by Crippen LogP contribution is -2.18. The van der Waals surface area contributed by atoms with E-state index in [1.165, 1.54) is 22.8 Å². The first-order chi connectivity index (χ1) is 19.1.